The van der Waals surface area contributed by atoms with Gasteiger partial charge in [0.25, 0.3) is 0 Å². The molecule has 3 fully saturated rings. The molecular formula is C18H22F2N4O3. The van der Waals surface area contributed by atoms with Gasteiger partial charge >= 0.3 is 6.09 Å². The molecule has 3 aliphatic rings. The molecular weight excluding hydrogens is 358 g/mol. The number of anilines is 2. The number of fused-ring (bicyclic) bond motifs is 1. The average Bonchev–Trinajstić information content (AvgIpc) is 3.00. The largest absolute Gasteiger partial charge is 0.442 e. The highest BCUT2D eigenvalue weighted by molar-refractivity contribution is 5.90. The maximum absolute atomic E-state index is 14.6. The first kappa shape index (κ1) is 18.0. The van der Waals surface area contributed by atoms with Crippen molar-refractivity contribution in [3.05, 3.63) is 23.8 Å². The Hall–Kier alpha value is -2.42. The summed E-state index contributed by atoms with van der Waals surface area (Å²) in [6.45, 7) is 3.08. The Balaban J connectivity index is 1.46. The smallest absolute Gasteiger partial charge is 0.414 e. The van der Waals surface area contributed by atoms with E-state index in [0.717, 1.165) is 12.1 Å². The third-order valence-electron chi connectivity index (χ3n) is 5.61. The molecule has 1 aromatic rings. The first-order valence-electron chi connectivity index (χ1n) is 9.13. The fraction of sp³-hybridized carbons (Fsp3) is 0.556. The summed E-state index contributed by atoms with van der Waals surface area (Å²) in [4.78, 5) is 26.2. The first-order chi connectivity index (χ1) is 12.9. The van der Waals surface area contributed by atoms with E-state index < -0.39 is 23.8 Å². The zero-order valence-electron chi connectivity index (χ0n) is 15.0. The lowest BCUT2D eigenvalue weighted by atomic mass is 10.2. The van der Waals surface area contributed by atoms with Gasteiger partial charge in [0.15, 0.2) is 11.6 Å². The lowest BCUT2D eigenvalue weighted by Crippen LogP contribution is -2.34. The molecule has 0 bridgehead atoms. The number of hydrogen-bond donors (Lipinski definition) is 2. The number of rotatable bonds is 5. The van der Waals surface area contributed by atoms with E-state index in [-0.39, 0.29) is 36.4 Å². The van der Waals surface area contributed by atoms with Crippen LogP contribution in [0.5, 0.6) is 0 Å². The van der Waals surface area contributed by atoms with E-state index in [0.29, 0.717) is 31.3 Å². The summed E-state index contributed by atoms with van der Waals surface area (Å²) in [6, 6.07) is 2.43. The molecule has 0 radical (unpaired) electrons. The number of amides is 2. The second-order valence-electron chi connectivity index (χ2n) is 7.34. The van der Waals surface area contributed by atoms with Crippen LogP contribution >= 0.6 is 0 Å². The SMILES string of the molecule is CCC(=O)NC[C@H]1CN(c2cc(F)c(N3C[C@@H]4C(N)[C@@H]4C3)c(F)c2)C(=O)O1. The van der Waals surface area contributed by atoms with Crippen LogP contribution in [-0.4, -0.2) is 50.3 Å². The standard InChI is InChI=1S/C18H22F2N4O3/c1-2-15(25)22-5-10-6-24(18(26)27-10)9-3-13(19)17(14(20)4-9)23-7-11-12(8-23)16(11)21/h3-4,10-12,16H,2,5-8,21H2,1H3,(H,22,25)/t10-,11-,12+,16?/m0/s1. The number of ether oxygens (including phenoxy) is 1. The van der Waals surface area contributed by atoms with Crippen LogP contribution in [0.1, 0.15) is 13.3 Å². The van der Waals surface area contributed by atoms with Crippen molar-refractivity contribution in [2.75, 3.05) is 36.0 Å². The van der Waals surface area contributed by atoms with E-state index in [1.165, 1.54) is 4.90 Å². The molecule has 7 nitrogen and oxygen atoms in total. The molecule has 4 atom stereocenters. The highest BCUT2D eigenvalue weighted by Crippen LogP contribution is 2.46. The van der Waals surface area contributed by atoms with E-state index in [2.05, 4.69) is 5.32 Å². The molecule has 0 aromatic heterocycles. The zero-order chi connectivity index (χ0) is 19.3. The Kier molecular flexibility index (Phi) is 4.41. The van der Waals surface area contributed by atoms with E-state index in [1.54, 1.807) is 11.8 Å². The Morgan fingerprint density at radius 2 is 1.89 bits per heavy atom. The minimum atomic E-state index is -0.713. The highest BCUT2D eigenvalue weighted by atomic mass is 19.1. The second-order valence-corrected chi connectivity index (χ2v) is 7.34. The number of halogens is 2. The van der Waals surface area contributed by atoms with E-state index in [4.69, 9.17) is 10.5 Å². The number of carbonyl (C=O) groups is 2. The van der Waals surface area contributed by atoms with Crippen LogP contribution in [0.3, 0.4) is 0 Å². The monoisotopic (exact) mass is 380 g/mol. The molecule has 1 saturated carbocycles. The summed E-state index contributed by atoms with van der Waals surface area (Å²) in [5.74, 6) is -0.979. The number of nitrogens with zero attached hydrogens (tertiary/aromatic N) is 2. The molecule has 2 heterocycles. The summed E-state index contributed by atoms with van der Waals surface area (Å²) in [7, 11) is 0. The van der Waals surface area contributed by atoms with Gasteiger partial charge in [-0.05, 0) is 11.8 Å². The molecule has 2 saturated heterocycles. The molecule has 146 valence electrons. The third kappa shape index (κ3) is 3.20. The Bertz CT molecular complexity index is 755. The van der Waals surface area contributed by atoms with Crippen molar-refractivity contribution in [1.82, 2.24) is 5.32 Å². The minimum absolute atomic E-state index is 0.0718. The summed E-state index contributed by atoms with van der Waals surface area (Å²) >= 11 is 0. The Morgan fingerprint density at radius 3 is 2.48 bits per heavy atom. The maximum Gasteiger partial charge on any atom is 0.414 e. The Morgan fingerprint density at radius 1 is 1.26 bits per heavy atom. The van der Waals surface area contributed by atoms with Crippen molar-refractivity contribution < 1.29 is 23.1 Å². The van der Waals surface area contributed by atoms with Gasteiger partial charge in [-0.3, -0.25) is 9.69 Å². The average molecular weight is 380 g/mol. The quantitative estimate of drug-likeness (QED) is 0.802. The van der Waals surface area contributed by atoms with Gasteiger partial charge in [-0.1, -0.05) is 6.92 Å². The number of nitrogens with two attached hydrogens (primary N) is 1. The zero-order valence-corrected chi connectivity index (χ0v) is 15.0. The minimum Gasteiger partial charge on any atom is -0.442 e. The van der Waals surface area contributed by atoms with Crippen LogP contribution in [0.25, 0.3) is 0 Å². The topological polar surface area (TPSA) is 87.9 Å². The van der Waals surface area contributed by atoms with Crippen LogP contribution < -0.4 is 20.9 Å². The molecule has 1 aliphatic carbocycles. The van der Waals surface area contributed by atoms with Crippen molar-refractivity contribution in [1.29, 1.82) is 0 Å². The van der Waals surface area contributed by atoms with E-state index >= 15 is 0 Å². The van der Waals surface area contributed by atoms with Crippen LogP contribution in [0.4, 0.5) is 25.0 Å². The van der Waals surface area contributed by atoms with Gasteiger partial charge in [0, 0.05) is 37.7 Å². The van der Waals surface area contributed by atoms with Gasteiger partial charge in [-0.15, -0.1) is 0 Å². The van der Waals surface area contributed by atoms with Gasteiger partial charge < -0.3 is 20.7 Å². The van der Waals surface area contributed by atoms with Gasteiger partial charge in [0.05, 0.1) is 18.8 Å². The molecule has 0 spiro atoms. The number of carbonyl (C=O) groups excluding carboxylic acids is 2. The van der Waals surface area contributed by atoms with E-state index in [1.807, 2.05) is 0 Å². The van der Waals surface area contributed by atoms with Crippen molar-refractivity contribution >= 4 is 23.4 Å². The van der Waals surface area contributed by atoms with Crippen LogP contribution in [0.15, 0.2) is 12.1 Å². The van der Waals surface area contributed by atoms with Crippen LogP contribution in [-0.2, 0) is 9.53 Å². The summed E-state index contributed by atoms with van der Waals surface area (Å²) < 4.78 is 34.4. The third-order valence-corrected chi connectivity index (χ3v) is 5.61. The molecule has 9 heteroatoms. The number of hydrogen-bond acceptors (Lipinski definition) is 5. The maximum atomic E-state index is 14.6. The molecule has 2 aliphatic heterocycles. The fourth-order valence-electron chi connectivity index (χ4n) is 3.96. The Labute approximate surface area is 155 Å². The van der Waals surface area contributed by atoms with Crippen LogP contribution in [0, 0.1) is 23.5 Å². The number of piperidine rings is 1. The van der Waals surface area contributed by atoms with Gasteiger partial charge in [-0.25, -0.2) is 13.6 Å². The molecule has 1 aromatic carbocycles. The summed E-state index contributed by atoms with van der Waals surface area (Å²) in [5.41, 5.74) is 5.91. The lowest BCUT2D eigenvalue weighted by molar-refractivity contribution is -0.121. The predicted octanol–water partition coefficient (Wildman–Crippen LogP) is 1.21. The number of cyclic esters (lactones) is 1. The molecule has 27 heavy (non-hydrogen) atoms. The fourth-order valence-corrected chi connectivity index (χ4v) is 3.96. The van der Waals surface area contributed by atoms with E-state index in [9.17, 15) is 18.4 Å². The van der Waals surface area contributed by atoms with Gasteiger partial charge in [-0.2, -0.15) is 0 Å². The second kappa shape index (κ2) is 6.63. The van der Waals surface area contributed by atoms with Crippen molar-refractivity contribution in [3.63, 3.8) is 0 Å². The molecule has 1 unspecified atom stereocenters. The predicted molar refractivity (Wildman–Crippen MR) is 94.4 cm³/mol. The highest BCUT2D eigenvalue weighted by Gasteiger charge is 2.54. The van der Waals surface area contributed by atoms with Gasteiger partial charge in [0.2, 0.25) is 5.91 Å². The summed E-state index contributed by atoms with van der Waals surface area (Å²) in [5, 5.41) is 2.64. The summed E-state index contributed by atoms with van der Waals surface area (Å²) in [6.07, 6.45) is -0.928. The normalized spacial score (nSPS) is 29.0. The molecule has 2 amide bonds. The van der Waals surface area contributed by atoms with Crippen LogP contribution in [0.2, 0.25) is 0 Å². The van der Waals surface area contributed by atoms with Crippen molar-refractivity contribution in [3.8, 4) is 0 Å². The first-order valence-corrected chi connectivity index (χ1v) is 9.13. The van der Waals surface area contributed by atoms with Crippen molar-refractivity contribution in [2.45, 2.75) is 25.5 Å². The van der Waals surface area contributed by atoms with Gasteiger partial charge in [0.1, 0.15) is 11.8 Å². The number of nitrogens with one attached hydrogen (secondary N) is 1. The lowest BCUT2D eigenvalue weighted by Gasteiger charge is -2.24. The molecule has 3 N–H and O–H groups in total. The van der Waals surface area contributed by atoms with Crippen molar-refractivity contribution in [2.24, 2.45) is 17.6 Å². The molecule has 4 rings (SSSR count). The number of benzene rings is 1.